The molecule has 0 saturated heterocycles. The lowest BCUT2D eigenvalue weighted by atomic mass is 10.1. The van der Waals surface area contributed by atoms with Crippen LogP contribution in [0.5, 0.6) is 0 Å². The van der Waals surface area contributed by atoms with Crippen LogP contribution in [0.15, 0.2) is 30.5 Å². The minimum Gasteiger partial charge on any atom is -0.361 e. The summed E-state index contributed by atoms with van der Waals surface area (Å²) in [5.41, 5.74) is 7.93. The number of benzene rings is 1. The van der Waals surface area contributed by atoms with Gasteiger partial charge in [0.05, 0.1) is 6.04 Å². The van der Waals surface area contributed by atoms with Gasteiger partial charge in [-0.3, -0.25) is 4.79 Å². The Morgan fingerprint density at radius 1 is 1.47 bits per heavy atom. The highest BCUT2D eigenvalue weighted by Gasteiger charge is 2.14. The zero-order chi connectivity index (χ0) is 11.5. The van der Waals surface area contributed by atoms with Crippen LogP contribution in [0.1, 0.15) is 5.56 Å². The molecule has 1 aromatic carbocycles. The van der Waals surface area contributed by atoms with E-state index in [1.807, 2.05) is 30.5 Å². The van der Waals surface area contributed by atoms with Crippen LogP contribution in [0, 0.1) is 0 Å². The highest BCUT2D eigenvalue weighted by atomic mass is 35.5. The maximum Gasteiger partial charge on any atom is 0.237 e. The van der Waals surface area contributed by atoms with E-state index in [4.69, 9.17) is 5.73 Å². The molecule has 4 N–H and O–H groups in total. The van der Waals surface area contributed by atoms with Crippen LogP contribution in [-0.4, -0.2) is 24.0 Å². The Hall–Kier alpha value is -1.52. The molecular formula is C12H16ClN3O. The smallest absolute Gasteiger partial charge is 0.237 e. The average Bonchev–Trinajstić information content (AvgIpc) is 2.72. The van der Waals surface area contributed by atoms with Crippen molar-refractivity contribution in [1.82, 2.24) is 10.3 Å². The van der Waals surface area contributed by atoms with Crippen LogP contribution in [0.25, 0.3) is 10.9 Å². The maximum atomic E-state index is 11.3. The van der Waals surface area contributed by atoms with Crippen LogP contribution in [-0.2, 0) is 11.2 Å². The third-order valence-electron chi connectivity index (χ3n) is 2.70. The molecule has 0 bridgehead atoms. The molecule has 17 heavy (non-hydrogen) atoms. The van der Waals surface area contributed by atoms with Crippen LogP contribution >= 0.6 is 12.4 Å². The van der Waals surface area contributed by atoms with E-state index in [9.17, 15) is 4.79 Å². The van der Waals surface area contributed by atoms with Gasteiger partial charge >= 0.3 is 0 Å². The van der Waals surface area contributed by atoms with Gasteiger partial charge in [0.1, 0.15) is 0 Å². The van der Waals surface area contributed by atoms with Gasteiger partial charge in [0.25, 0.3) is 0 Å². The molecular weight excluding hydrogens is 238 g/mol. The zero-order valence-corrected chi connectivity index (χ0v) is 10.4. The van der Waals surface area contributed by atoms with Crippen molar-refractivity contribution in [3.05, 3.63) is 36.0 Å². The van der Waals surface area contributed by atoms with Gasteiger partial charge in [0, 0.05) is 24.1 Å². The Morgan fingerprint density at radius 3 is 2.88 bits per heavy atom. The molecule has 0 aliphatic heterocycles. The molecule has 4 nitrogen and oxygen atoms in total. The number of amides is 1. The first kappa shape index (κ1) is 13.5. The summed E-state index contributed by atoms with van der Waals surface area (Å²) < 4.78 is 0. The van der Waals surface area contributed by atoms with Gasteiger partial charge < -0.3 is 16.0 Å². The van der Waals surface area contributed by atoms with E-state index in [0.717, 1.165) is 16.5 Å². The number of rotatable bonds is 3. The fraction of sp³-hybridized carbons (Fsp3) is 0.250. The van der Waals surface area contributed by atoms with Crippen molar-refractivity contribution in [1.29, 1.82) is 0 Å². The highest BCUT2D eigenvalue weighted by molar-refractivity contribution is 5.86. The number of hydrogen-bond acceptors (Lipinski definition) is 2. The first-order chi connectivity index (χ1) is 7.72. The summed E-state index contributed by atoms with van der Waals surface area (Å²) in [6.45, 7) is 0. The van der Waals surface area contributed by atoms with Crippen LogP contribution < -0.4 is 11.1 Å². The van der Waals surface area contributed by atoms with E-state index < -0.39 is 6.04 Å². The van der Waals surface area contributed by atoms with E-state index in [1.54, 1.807) is 7.05 Å². The van der Waals surface area contributed by atoms with Gasteiger partial charge in [0.2, 0.25) is 5.91 Å². The number of likely N-dealkylation sites (N-methyl/N-ethyl adjacent to an activating group) is 1. The molecule has 0 aliphatic rings. The van der Waals surface area contributed by atoms with Gasteiger partial charge in [-0.1, -0.05) is 18.2 Å². The number of para-hydroxylation sites is 1. The van der Waals surface area contributed by atoms with Crippen LogP contribution in [0.2, 0.25) is 0 Å². The molecule has 0 fully saturated rings. The predicted molar refractivity (Wildman–Crippen MR) is 71.3 cm³/mol. The molecule has 1 heterocycles. The summed E-state index contributed by atoms with van der Waals surface area (Å²) in [5, 5.41) is 3.68. The number of H-pyrrole nitrogens is 1. The second-order valence-corrected chi connectivity index (χ2v) is 3.78. The van der Waals surface area contributed by atoms with Gasteiger partial charge in [-0.15, -0.1) is 12.4 Å². The minimum absolute atomic E-state index is 0. The molecule has 1 atom stereocenters. The first-order valence-corrected chi connectivity index (χ1v) is 5.24. The summed E-state index contributed by atoms with van der Waals surface area (Å²) in [5.74, 6) is -0.134. The second kappa shape index (κ2) is 5.70. The molecule has 1 amide bonds. The van der Waals surface area contributed by atoms with E-state index in [2.05, 4.69) is 10.3 Å². The number of halogens is 1. The summed E-state index contributed by atoms with van der Waals surface area (Å²) >= 11 is 0. The Balaban J connectivity index is 0.00000144. The van der Waals surface area contributed by atoms with Crippen LogP contribution in [0.4, 0.5) is 0 Å². The molecule has 0 aliphatic carbocycles. The van der Waals surface area contributed by atoms with Crippen molar-refractivity contribution in [2.24, 2.45) is 5.73 Å². The number of fused-ring (bicyclic) bond motifs is 1. The van der Waals surface area contributed by atoms with Crippen LogP contribution in [0.3, 0.4) is 0 Å². The Bertz CT molecular complexity index is 509. The SMILES string of the molecule is CNC(=O)[C@@H](N)Cc1c[nH]c2ccccc12.Cl. The van der Waals surface area contributed by atoms with Gasteiger partial charge in [0.15, 0.2) is 0 Å². The lowest BCUT2D eigenvalue weighted by Crippen LogP contribution is -2.40. The average molecular weight is 254 g/mol. The fourth-order valence-corrected chi connectivity index (χ4v) is 1.82. The first-order valence-electron chi connectivity index (χ1n) is 5.24. The second-order valence-electron chi connectivity index (χ2n) is 3.78. The van der Waals surface area contributed by atoms with E-state index in [0.29, 0.717) is 6.42 Å². The standard InChI is InChI=1S/C12H15N3O.ClH/c1-14-12(16)10(13)6-8-7-15-11-5-3-2-4-9(8)11;/h2-5,7,10,15H,6,13H2,1H3,(H,14,16);1H/t10-;/m0./s1. The van der Waals surface area contributed by atoms with Gasteiger partial charge in [-0.05, 0) is 18.1 Å². The molecule has 92 valence electrons. The van der Waals surface area contributed by atoms with E-state index >= 15 is 0 Å². The van der Waals surface area contributed by atoms with Gasteiger partial charge in [-0.25, -0.2) is 0 Å². The summed E-state index contributed by atoms with van der Waals surface area (Å²) in [7, 11) is 1.59. The predicted octanol–water partition coefficient (Wildman–Crippen LogP) is 1.21. The molecule has 0 saturated carbocycles. The van der Waals surface area contributed by atoms with E-state index in [-0.39, 0.29) is 18.3 Å². The summed E-state index contributed by atoms with van der Waals surface area (Å²) in [6.07, 6.45) is 2.46. The molecule has 0 unspecified atom stereocenters. The van der Waals surface area contributed by atoms with Crippen molar-refractivity contribution < 1.29 is 4.79 Å². The largest absolute Gasteiger partial charge is 0.361 e. The topological polar surface area (TPSA) is 70.9 Å². The maximum absolute atomic E-state index is 11.3. The Morgan fingerprint density at radius 2 is 2.18 bits per heavy atom. The molecule has 2 rings (SSSR count). The third kappa shape index (κ3) is 2.78. The van der Waals surface area contributed by atoms with Gasteiger partial charge in [-0.2, -0.15) is 0 Å². The van der Waals surface area contributed by atoms with Crippen molar-refractivity contribution in [3.8, 4) is 0 Å². The van der Waals surface area contributed by atoms with Crippen molar-refractivity contribution in [2.75, 3.05) is 7.05 Å². The number of nitrogens with one attached hydrogen (secondary N) is 2. The zero-order valence-electron chi connectivity index (χ0n) is 9.57. The molecule has 0 spiro atoms. The molecule has 1 aromatic heterocycles. The van der Waals surface area contributed by atoms with Crippen molar-refractivity contribution in [2.45, 2.75) is 12.5 Å². The molecule has 0 radical (unpaired) electrons. The Kier molecular flexibility index (Phi) is 4.54. The lowest BCUT2D eigenvalue weighted by molar-refractivity contribution is -0.121. The number of hydrogen-bond donors (Lipinski definition) is 3. The summed E-state index contributed by atoms with van der Waals surface area (Å²) in [6, 6.07) is 7.48. The quantitative estimate of drug-likeness (QED) is 0.769. The lowest BCUT2D eigenvalue weighted by Gasteiger charge is -2.08. The third-order valence-corrected chi connectivity index (χ3v) is 2.70. The Labute approximate surface area is 106 Å². The number of carbonyl (C=O) groups is 1. The monoisotopic (exact) mass is 253 g/mol. The minimum atomic E-state index is -0.496. The van der Waals surface area contributed by atoms with E-state index in [1.165, 1.54) is 0 Å². The fourth-order valence-electron chi connectivity index (χ4n) is 1.82. The van der Waals surface area contributed by atoms with Crippen molar-refractivity contribution in [3.63, 3.8) is 0 Å². The number of aromatic amines is 1. The van der Waals surface area contributed by atoms with Crippen molar-refractivity contribution >= 4 is 29.2 Å². The summed E-state index contributed by atoms with van der Waals surface area (Å²) in [4.78, 5) is 14.5. The number of aromatic nitrogens is 1. The number of carbonyl (C=O) groups excluding carboxylic acids is 1. The molecule has 5 heteroatoms. The highest BCUT2D eigenvalue weighted by Crippen LogP contribution is 2.18. The number of nitrogens with two attached hydrogens (primary N) is 1. The normalized spacial score (nSPS) is 11.9. The molecule has 2 aromatic rings.